The van der Waals surface area contributed by atoms with Gasteiger partial charge in [-0.2, -0.15) is 0 Å². The Morgan fingerprint density at radius 1 is 1.44 bits per heavy atom. The van der Waals surface area contributed by atoms with Crippen molar-refractivity contribution in [2.24, 2.45) is 5.73 Å². The molecule has 1 atom stereocenters. The molecular formula is C8H8N4O2S2. The van der Waals surface area contributed by atoms with Gasteiger partial charge in [-0.3, -0.25) is 10.1 Å². The Kier molecular flexibility index (Phi) is 2.95. The summed E-state index contributed by atoms with van der Waals surface area (Å²) in [7, 11) is 0. The summed E-state index contributed by atoms with van der Waals surface area (Å²) in [6.07, 6.45) is 0. The highest BCUT2D eigenvalue weighted by Gasteiger charge is 2.15. The summed E-state index contributed by atoms with van der Waals surface area (Å²) < 4.78 is 0. The van der Waals surface area contributed by atoms with Crippen molar-refractivity contribution in [1.29, 1.82) is 0 Å². The average Bonchev–Trinajstić information content (AvgIpc) is 2.86. The highest BCUT2D eigenvalue weighted by atomic mass is 32.1. The summed E-state index contributed by atoms with van der Waals surface area (Å²) in [5, 5.41) is 19.9. The first-order valence-electron chi connectivity index (χ1n) is 4.41. The lowest BCUT2D eigenvalue weighted by atomic mass is 10.4. The van der Waals surface area contributed by atoms with Crippen LogP contribution in [0.2, 0.25) is 0 Å². The average molecular weight is 256 g/mol. The van der Waals surface area contributed by atoms with Gasteiger partial charge in [0.1, 0.15) is 5.01 Å². The van der Waals surface area contributed by atoms with Crippen LogP contribution in [0.1, 0.15) is 18.0 Å². The van der Waals surface area contributed by atoms with Crippen LogP contribution in [0, 0.1) is 10.1 Å². The van der Waals surface area contributed by atoms with E-state index in [1.807, 2.05) is 6.92 Å². The maximum Gasteiger partial charge on any atom is 0.324 e. The Hall–Kier alpha value is -1.38. The highest BCUT2D eigenvalue weighted by molar-refractivity contribution is 7.23. The molecule has 2 heterocycles. The lowest BCUT2D eigenvalue weighted by molar-refractivity contribution is -0.380. The second-order valence-corrected chi connectivity index (χ2v) is 5.20. The molecule has 2 rings (SSSR count). The first-order chi connectivity index (χ1) is 7.58. The molecule has 0 aromatic carbocycles. The topological polar surface area (TPSA) is 94.9 Å². The van der Waals surface area contributed by atoms with Gasteiger partial charge in [0.25, 0.3) is 0 Å². The summed E-state index contributed by atoms with van der Waals surface area (Å²) in [6, 6.07) is 2.97. The van der Waals surface area contributed by atoms with Crippen LogP contribution in [-0.4, -0.2) is 15.1 Å². The van der Waals surface area contributed by atoms with E-state index in [4.69, 9.17) is 5.73 Å². The van der Waals surface area contributed by atoms with Crippen molar-refractivity contribution in [2.45, 2.75) is 13.0 Å². The van der Waals surface area contributed by atoms with E-state index in [2.05, 4.69) is 10.2 Å². The Morgan fingerprint density at radius 3 is 2.69 bits per heavy atom. The first kappa shape index (κ1) is 11.1. The molecule has 0 fully saturated rings. The third kappa shape index (κ3) is 2.08. The fraction of sp³-hybridized carbons (Fsp3) is 0.250. The molecule has 0 aliphatic rings. The van der Waals surface area contributed by atoms with Crippen LogP contribution in [0.15, 0.2) is 12.1 Å². The summed E-state index contributed by atoms with van der Waals surface area (Å²) in [6.45, 7) is 1.82. The normalized spacial score (nSPS) is 12.6. The van der Waals surface area contributed by atoms with Crippen LogP contribution in [0.5, 0.6) is 0 Å². The second kappa shape index (κ2) is 4.24. The number of rotatable bonds is 3. The molecule has 84 valence electrons. The van der Waals surface area contributed by atoms with Crippen LogP contribution >= 0.6 is 22.7 Å². The molecule has 0 radical (unpaired) electrons. The molecule has 16 heavy (non-hydrogen) atoms. The molecule has 0 aliphatic heterocycles. The van der Waals surface area contributed by atoms with E-state index < -0.39 is 4.92 Å². The summed E-state index contributed by atoms with van der Waals surface area (Å²) in [4.78, 5) is 10.9. The molecule has 8 heteroatoms. The van der Waals surface area contributed by atoms with Gasteiger partial charge in [-0.1, -0.05) is 22.7 Å². The van der Waals surface area contributed by atoms with E-state index in [1.165, 1.54) is 17.4 Å². The predicted molar refractivity (Wildman–Crippen MR) is 62.5 cm³/mol. The van der Waals surface area contributed by atoms with Crippen molar-refractivity contribution in [3.63, 3.8) is 0 Å². The number of aromatic nitrogens is 2. The van der Waals surface area contributed by atoms with Crippen LogP contribution in [0.3, 0.4) is 0 Å². The molecule has 1 unspecified atom stereocenters. The summed E-state index contributed by atoms with van der Waals surface area (Å²) in [5.74, 6) is 0. The fourth-order valence-corrected chi connectivity index (χ4v) is 2.72. The maximum absolute atomic E-state index is 10.5. The zero-order valence-electron chi connectivity index (χ0n) is 8.28. The van der Waals surface area contributed by atoms with Crippen LogP contribution in [0.25, 0.3) is 9.88 Å². The van der Waals surface area contributed by atoms with Crippen LogP contribution in [-0.2, 0) is 0 Å². The van der Waals surface area contributed by atoms with Gasteiger partial charge in [0.05, 0.1) is 15.8 Å². The molecule has 6 nitrogen and oxygen atoms in total. The first-order valence-corrected chi connectivity index (χ1v) is 6.05. The Bertz CT molecular complexity index is 520. The number of nitro groups is 1. The van der Waals surface area contributed by atoms with Crippen molar-refractivity contribution in [1.82, 2.24) is 10.2 Å². The van der Waals surface area contributed by atoms with Crippen molar-refractivity contribution in [3.05, 3.63) is 27.3 Å². The van der Waals surface area contributed by atoms with E-state index in [0.29, 0.717) is 5.01 Å². The fourth-order valence-electron chi connectivity index (χ4n) is 1.06. The van der Waals surface area contributed by atoms with Crippen LogP contribution < -0.4 is 5.73 Å². The van der Waals surface area contributed by atoms with Crippen molar-refractivity contribution in [3.8, 4) is 9.88 Å². The standard InChI is InChI=1S/C8H8N4O2S2/c1-4(9)7-10-11-8(16-7)5-2-3-6(15-5)12(13)14/h2-4H,9H2,1H3. The minimum Gasteiger partial charge on any atom is -0.322 e. The van der Waals surface area contributed by atoms with Gasteiger partial charge in [0, 0.05) is 6.07 Å². The summed E-state index contributed by atoms with van der Waals surface area (Å²) in [5.41, 5.74) is 5.66. The van der Waals surface area contributed by atoms with Gasteiger partial charge in [-0.25, -0.2) is 0 Å². The molecule has 0 aliphatic carbocycles. The van der Waals surface area contributed by atoms with Gasteiger partial charge in [-0.05, 0) is 13.0 Å². The molecular weight excluding hydrogens is 248 g/mol. The Morgan fingerprint density at radius 2 is 2.19 bits per heavy atom. The quantitative estimate of drug-likeness (QED) is 0.671. The number of nitrogens with zero attached hydrogens (tertiary/aromatic N) is 3. The zero-order valence-corrected chi connectivity index (χ0v) is 9.92. The monoisotopic (exact) mass is 256 g/mol. The third-order valence-electron chi connectivity index (χ3n) is 1.81. The SMILES string of the molecule is CC(N)c1nnc(-c2ccc([N+](=O)[O-])s2)s1. The molecule has 0 saturated heterocycles. The van der Waals surface area contributed by atoms with Crippen LogP contribution in [0.4, 0.5) is 5.00 Å². The van der Waals surface area contributed by atoms with E-state index >= 15 is 0 Å². The zero-order chi connectivity index (χ0) is 11.7. The number of thiophene rings is 1. The van der Waals surface area contributed by atoms with Gasteiger partial charge < -0.3 is 5.73 Å². The minimum absolute atomic E-state index is 0.104. The number of hydrogen-bond donors (Lipinski definition) is 1. The molecule has 0 spiro atoms. The lowest BCUT2D eigenvalue weighted by Gasteiger charge is -1.93. The number of hydrogen-bond acceptors (Lipinski definition) is 7. The van der Waals surface area contributed by atoms with E-state index in [0.717, 1.165) is 21.2 Å². The molecule has 2 aromatic heterocycles. The number of nitrogens with two attached hydrogens (primary N) is 1. The molecule has 2 N–H and O–H groups in total. The van der Waals surface area contributed by atoms with Crippen molar-refractivity contribution < 1.29 is 4.92 Å². The summed E-state index contributed by atoms with van der Waals surface area (Å²) >= 11 is 2.45. The van der Waals surface area contributed by atoms with E-state index in [9.17, 15) is 10.1 Å². The third-order valence-corrected chi connectivity index (χ3v) is 4.14. The smallest absolute Gasteiger partial charge is 0.322 e. The largest absolute Gasteiger partial charge is 0.324 e. The minimum atomic E-state index is -0.415. The van der Waals surface area contributed by atoms with Gasteiger partial charge >= 0.3 is 5.00 Å². The van der Waals surface area contributed by atoms with E-state index in [1.54, 1.807) is 6.07 Å². The molecule has 0 bridgehead atoms. The highest BCUT2D eigenvalue weighted by Crippen LogP contribution is 2.34. The predicted octanol–water partition coefficient (Wildman–Crippen LogP) is 2.19. The second-order valence-electron chi connectivity index (χ2n) is 3.13. The van der Waals surface area contributed by atoms with Gasteiger partial charge in [0.15, 0.2) is 5.01 Å². The molecule has 2 aromatic rings. The molecule has 0 saturated carbocycles. The van der Waals surface area contributed by atoms with Gasteiger partial charge in [-0.15, -0.1) is 10.2 Å². The van der Waals surface area contributed by atoms with E-state index in [-0.39, 0.29) is 11.0 Å². The van der Waals surface area contributed by atoms with Gasteiger partial charge in [0.2, 0.25) is 0 Å². The maximum atomic E-state index is 10.5. The van der Waals surface area contributed by atoms with Crippen molar-refractivity contribution >= 4 is 27.7 Å². The Balaban J connectivity index is 2.31. The lowest BCUT2D eigenvalue weighted by Crippen LogP contribution is -2.03. The Labute approximate surface area is 98.9 Å². The molecule has 0 amide bonds. The van der Waals surface area contributed by atoms with Crippen molar-refractivity contribution in [2.75, 3.05) is 0 Å².